The molecule has 0 amide bonds. The predicted molar refractivity (Wildman–Crippen MR) is 133 cm³/mol. The maximum absolute atomic E-state index is 6.15. The van der Waals surface area contributed by atoms with E-state index in [4.69, 9.17) is 18.9 Å². The number of ether oxygens (including phenoxy) is 4. The quantitative estimate of drug-likeness (QED) is 0.201. The lowest BCUT2D eigenvalue weighted by Gasteiger charge is -2.12. The molecule has 0 bridgehead atoms. The lowest BCUT2D eigenvalue weighted by molar-refractivity contribution is 0.343. The Balaban J connectivity index is 1.37. The fraction of sp³-hybridized carbons (Fsp3) is 0.222. The van der Waals surface area contributed by atoms with Gasteiger partial charge in [-0.05, 0) is 73.5 Å². The highest BCUT2D eigenvalue weighted by Crippen LogP contribution is 2.37. The molecule has 5 nitrogen and oxygen atoms in total. The van der Waals surface area contributed by atoms with Crippen molar-refractivity contribution in [3.63, 3.8) is 0 Å². The van der Waals surface area contributed by atoms with Crippen molar-refractivity contribution in [3.05, 3.63) is 78.0 Å². The van der Waals surface area contributed by atoms with Crippen molar-refractivity contribution in [2.45, 2.75) is 18.7 Å². The smallest absolute Gasteiger partial charge is 0.162 e. The van der Waals surface area contributed by atoms with Crippen molar-refractivity contribution in [1.82, 2.24) is 4.98 Å². The van der Waals surface area contributed by atoms with E-state index >= 15 is 0 Å². The van der Waals surface area contributed by atoms with E-state index in [-0.39, 0.29) is 0 Å². The molecule has 0 unspecified atom stereocenters. The van der Waals surface area contributed by atoms with Crippen molar-refractivity contribution in [3.8, 4) is 28.7 Å². The summed E-state index contributed by atoms with van der Waals surface area (Å²) in [4.78, 5) is 5.59. The van der Waals surface area contributed by atoms with Crippen LogP contribution in [0, 0.1) is 13.8 Å². The summed E-state index contributed by atoms with van der Waals surface area (Å²) in [6.07, 6.45) is 1.73. The summed E-state index contributed by atoms with van der Waals surface area (Å²) >= 11 is 1.75. The first kappa shape index (κ1) is 22.8. The minimum atomic E-state index is 0.637. The summed E-state index contributed by atoms with van der Waals surface area (Å²) in [5, 5.41) is 0.858. The van der Waals surface area contributed by atoms with Gasteiger partial charge in [-0.15, -0.1) is 11.8 Å². The van der Waals surface area contributed by atoms with Gasteiger partial charge >= 0.3 is 0 Å². The SMILES string of the molecule is COc1cc2nccc(Oc3ccc(SCCOc4ccc(C)c(C)c4)cc3)c2cc1OC. The molecule has 4 aromatic rings. The van der Waals surface area contributed by atoms with Crippen LogP contribution < -0.4 is 18.9 Å². The first-order valence-corrected chi connectivity index (χ1v) is 11.7. The van der Waals surface area contributed by atoms with Crippen LogP contribution in [-0.4, -0.2) is 31.6 Å². The van der Waals surface area contributed by atoms with E-state index in [2.05, 4.69) is 43.1 Å². The minimum absolute atomic E-state index is 0.637. The Morgan fingerprint density at radius 2 is 1.48 bits per heavy atom. The molecule has 1 aromatic heterocycles. The van der Waals surface area contributed by atoms with Gasteiger partial charge in [0.05, 0.1) is 26.3 Å². The first-order valence-electron chi connectivity index (χ1n) is 10.7. The highest BCUT2D eigenvalue weighted by molar-refractivity contribution is 7.99. The molecule has 0 spiro atoms. The van der Waals surface area contributed by atoms with Crippen LogP contribution in [0.5, 0.6) is 28.7 Å². The fourth-order valence-corrected chi connectivity index (χ4v) is 4.12. The molecule has 0 aliphatic rings. The summed E-state index contributed by atoms with van der Waals surface area (Å²) in [5.74, 6) is 4.52. The first-order chi connectivity index (χ1) is 16.1. The van der Waals surface area contributed by atoms with Crippen LogP contribution >= 0.6 is 11.8 Å². The summed E-state index contributed by atoms with van der Waals surface area (Å²) in [7, 11) is 3.23. The summed E-state index contributed by atoms with van der Waals surface area (Å²) in [5.41, 5.74) is 3.30. The Morgan fingerprint density at radius 3 is 2.21 bits per heavy atom. The number of hydrogen-bond donors (Lipinski definition) is 0. The average Bonchev–Trinajstić information content (AvgIpc) is 2.84. The van der Waals surface area contributed by atoms with E-state index in [1.54, 1.807) is 32.2 Å². The van der Waals surface area contributed by atoms with Crippen molar-refractivity contribution in [2.75, 3.05) is 26.6 Å². The molecule has 0 N–H and O–H groups in total. The number of hydrogen-bond acceptors (Lipinski definition) is 6. The van der Waals surface area contributed by atoms with Crippen molar-refractivity contribution >= 4 is 22.7 Å². The second-order valence-corrected chi connectivity index (χ2v) is 8.72. The second-order valence-electron chi connectivity index (χ2n) is 7.55. The van der Waals surface area contributed by atoms with E-state index < -0.39 is 0 Å². The van der Waals surface area contributed by atoms with E-state index in [0.29, 0.717) is 23.9 Å². The second kappa shape index (κ2) is 10.5. The minimum Gasteiger partial charge on any atom is -0.493 e. The third-order valence-corrected chi connectivity index (χ3v) is 6.33. The van der Waals surface area contributed by atoms with Gasteiger partial charge in [-0.3, -0.25) is 4.98 Å². The van der Waals surface area contributed by atoms with Gasteiger partial charge in [0, 0.05) is 28.3 Å². The molecule has 0 atom stereocenters. The normalized spacial score (nSPS) is 10.8. The number of fused-ring (bicyclic) bond motifs is 1. The van der Waals surface area contributed by atoms with Crippen LogP contribution in [0.3, 0.4) is 0 Å². The Bertz CT molecular complexity index is 1240. The molecule has 0 aliphatic carbocycles. The average molecular weight is 462 g/mol. The number of pyridine rings is 1. The van der Waals surface area contributed by atoms with Crippen molar-refractivity contribution in [1.29, 1.82) is 0 Å². The fourth-order valence-electron chi connectivity index (χ4n) is 3.39. The molecule has 33 heavy (non-hydrogen) atoms. The molecule has 1 heterocycles. The Morgan fingerprint density at radius 1 is 0.758 bits per heavy atom. The van der Waals surface area contributed by atoms with E-state index in [9.17, 15) is 0 Å². The maximum atomic E-state index is 6.15. The third kappa shape index (κ3) is 5.52. The lowest BCUT2D eigenvalue weighted by Crippen LogP contribution is -2.00. The highest BCUT2D eigenvalue weighted by Gasteiger charge is 2.11. The molecule has 0 saturated heterocycles. The summed E-state index contributed by atoms with van der Waals surface area (Å²) < 4.78 is 22.8. The molecule has 0 radical (unpaired) electrons. The topological polar surface area (TPSA) is 49.8 Å². The van der Waals surface area contributed by atoms with Crippen LogP contribution in [-0.2, 0) is 0 Å². The number of nitrogens with zero attached hydrogens (tertiary/aromatic N) is 1. The van der Waals surface area contributed by atoms with Gasteiger partial charge in [-0.1, -0.05) is 6.07 Å². The predicted octanol–water partition coefficient (Wildman–Crippen LogP) is 6.83. The molecular formula is C27H27NO4S. The van der Waals surface area contributed by atoms with Crippen LogP contribution in [0.4, 0.5) is 0 Å². The van der Waals surface area contributed by atoms with Gasteiger partial charge in [0.15, 0.2) is 11.5 Å². The number of methoxy groups -OCH3 is 2. The molecule has 6 heteroatoms. The van der Waals surface area contributed by atoms with Gasteiger partial charge < -0.3 is 18.9 Å². The van der Waals surface area contributed by atoms with Crippen LogP contribution in [0.15, 0.2) is 71.8 Å². The van der Waals surface area contributed by atoms with Gasteiger partial charge in [0.2, 0.25) is 0 Å². The summed E-state index contributed by atoms with van der Waals surface area (Å²) in [6.45, 7) is 4.86. The lowest BCUT2D eigenvalue weighted by atomic mass is 10.1. The molecule has 0 aliphatic heterocycles. The molecule has 170 valence electrons. The Labute approximate surface area is 198 Å². The van der Waals surface area contributed by atoms with Gasteiger partial charge in [-0.2, -0.15) is 0 Å². The monoisotopic (exact) mass is 461 g/mol. The maximum Gasteiger partial charge on any atom is 0.162 e. The Kier molecular flexibility index (Phi) is 7.25. The van der Waals surface area contributed by atoms with Crippen LogP contribution in [0.25, 0.3) is 10.9 Å². The van der Waals surface area contributed by atoms with Crippen molar-refractivity contribution in [2.24, 2.45) is 0 Å². The van der Waals surface area contributed by atoms with E-state index in [1.165, 1.54) is 11.1 Å². The molecule has 4 rings (SSSR count). The number of aromatic nitrogens is 1. The zero-order valence-electron chi connectivity index (χ0n) is 19.3. The van der Waals surface area contributed by atoms with Crippen molar-refractivity contribution < 1.29 is 18.9 Å². The van der Waals surface area contributed by atoms with Gasteiger partial charge in [0.1, 0.15) is 17.2 Å². The summed E-state index contributed by atoms with van der Waals surface area (Å²) in [6, 6.07) is 19.8. The Hall–Kier alpha value is -3.38. The largest absolute Gasteiger partial charge is 0.493 e. The number of benzene rings is 3. The standard InChI is InChI=1S/C27H27NO4S/c1-18-5-6-21(15-19(18)2)31-13-14-33-22-9-7-20(8-10-22)32-25-11-12-28-24-17-27(30-4)26(29-3)16-23(24)25/h5-12,15-17H,13-14H2,1-4H3. The number of aryl methyl sites for hydroxylation is 2. The third-order valence-electron chi connectivity index (χ3n) is 5.36. The zero-order valence-corrected chi connectivity index (χ0v) is 20.1. The molecule has 3 aromatic carbocycles. The van der Waals surface area contributed by atoms with Gasteiger partial charge in [-0.25, -0.2) is 0 Å². The van der Waals surface area contributed by atoms with E-state index in [1.807, 2.05) is 36.4 Å². The van der Waals surface area contributed by atoms with Crippen LogP contribution in [0.1, 0.15) is 11.1 Å². The molecular weight excluding hydrogens is 434 g/mol. The molecule has 0 saturated carbocycles. The number of rotatable bonds is 9. The molecule has 0 fully saturated rings. The van der Waals surface area contributed by atoms with E-state index in [0.717, 1.165) is 33.1 Å². The highest BCUT2D eigenvalue weighted by atomic mass is 32.2. The van der Waals surface area contributed by atoms with Gasteiger partial charge in [0.25, 0.3) is 0 Å². The zero-order chi connectivity index (χ0) is 23.2. The number of thioether (sulfide) groups is 1. The van der Waals surface area contributed by atoms with Crippen LogP contribution in [0.2, 0.25) is 0 Å².